The van der Waals surface area contributed by atoms with E-state index in [4.69, 9.17) is 25.5 Å². The average Bonchev–Trinajstić information content (AvgIpc) is 2.26. The van der Waals surface area contributed by atoms with E-state index < -0.39 is 51.3 Å². The first-order chi connectivity index (χ1) is 11.3. The summed E-state index contributed by atoms with van der Waals surface area (Å²) in [4.78, 5) is 0. The quantitative estimate of drug-likeness (QED) is 0.813. The number of hydrogen-bond donors (Lipinski definition) is 1. The second kappa shape index (κ2) is 5.46. The van der Waals surface area contributed by atoms with Crippen molar-refractivity contribution >= 4 is 0 Å². The summed E-state index contributed by atoms with van der Waals surface area (Å²) in [5, 5.41) is 0. The van der Waals surface area contributed by atoms with Crippen molar-refractivity contribution in [2.24, 2.45) is 5.73 Å². The number of rotatable bonds is 5. The molecule has 0 spiro atoms. The van der Waals surface area contributed by atoms with Crippen LogP contribution < -0.4 is 19.9 Å². The minimum atomic E-state index is -2.99. The number of hydrogen-bond acceptors (Lipinski definition) is 4. The molecule has 1 aromatic carbocycles. The molecular weight excluding hydrogens is 194 g/mol. The third kappa shape index (κ3) is 2.53. The summed E-state index contributed by atoms with van der Waals surface area (Å²) < 4.78 is 93.2. The smallest absolute Gasteiger partial charge is 0.164 e. The summed E-state index contributed by atoms with van der Waals surface area (Å²) in [6, 6.07) is 1.72. The van der Waals surface area contributed by atoms with E-state index >= 15 is 0 Å². The van der Waals surface area contributed by atoms with E-state index in [2.05, 4.69) is 9.47 Å². The van der Waals surface area contributed by atoms with Gasteiger partial charge in [-0.05, 0) is 24.5 Å². The van der Waals surface area contributed by atoms with Crippen LogP contribution in [0.4, 0.5) is 0 Å². The Balaban J connectivity index is 3.53. The monoisotopic (exact) mass is 222 g/mol. The first kappa shape index (κ1) is 3.56. The lowest BCUT2D eigenvalue weighted by molar-refractivity contribution is 0.347. The average molecular weight is 222 g/mol. The zero-order valence-electron chi connectivity index (χ0n) is 18.7. The fourth-order valence-electron chi connectivity index (χ4n) is 1.09. The standard InChI is InChI=1S/C11H17NO3/c1-13-9-7-11(15-3)10(14-2)6-8(9)4-5-12/h6-7H,4-5,12H2,1-3H3/i1D3,2D3,3D3,5D2. The molecule has 0 saturated heterocycles. The number of ether oxygens (including phenoxy) is 3. The lowest BCUT2D eigenvalue weighted by Crippen LogP contribution is -2.05. The van der Waals surface area contributed by atoms with Crippen molar-refractivity contribution in [2.45, 2.75) is 6.42 Å². The molecule has 2 N–H and O–H groups in total. The molecule has 0 aromatic heterocycles. The van der Waals surface area contributed by atoms with E-state index in [1.165, 1.54) is 0 Å². The highest BCUT2D eigenvalue weighted by atomic mass is 16.5. The first-order valence-electron chi connectivity index (χ1n) is 9.38. The molecule has 0 aliphatic carbocycles. The van der Waals surface area contributed by atoms with Crippen LogP contribution in [0.1, 0.15) is 20.6 Å². The lowest BCUT2D eigenvalue weighted by atomic mass is 10.1. The van der Waals surface area contributed by atoms with Gasteiger partial charge in [-0.15, -0.1) is 0 Å². The fraction of sp³-hybridized carbons (Fsp3) is 0.455. The van der Waals surface area contributed by atoms with Crippen LogP contribution >= 0.6 is 0 Å². The van der Waals surface area contributed by atoms with Crippen molar-refractivity contribution in [3.8, 4) is 17.2 Å². The zero-order chi connectivity index (χ0) is 20.6. The largest absolute Gasteiger partial charge is 0.496 e. The first-order valence-corrected chi connectivity index (χ1v) is 3.88. The summed E-state index contributed by atoms with van der Waals surface area (Å²) in [5.74, 6) is -1.61. The predicted molar refractivity (Wildman–Crippen MR) is 58.9 cm³/mol. The molecule has 0 aliphatic heterocycles. The Bertz CT molecular complexity index is 524. The van der Waals surface area contributed by atoms with Crippen molar-refractivity contribution in [1.29, 1.82) is 0 Å². The Kier molecular flexibility index (Phi) is 1.29. The maximum atomic E-state index is 7.42. The Morgan fingerprint density at radius 1 is 1.13 bits per heavy atom. The fourth-order valence-corrected chi connectivity index (χ4v) is 1.09. The van der Waals surface area contributed by atoms with Gasteiger partial charge in [0.15, 0.2) is 11.5 Å². The van der Waals surface area contributed by atoms with Crippen LogP contribution in [0.3, 0.4) is 0 Å². The molecule has 0 radical (unpaired) electrons. The van der Waals surface area contributed by atoms with Gasteiger partial charge in [0.1, 0.15) is 5.75 Å². The van der Waals surface area contributed by atoms with Crippen molar-refractivity contribution in [3.05, 3.63) is 17.7 Å². The van der Waals surface area contributed by atoms with E-state index in [1.54, 1.807) is 0 Å². The topological polar surface area (TPSA) is 53.7 Å². The van der Waals surface area contributed by atoms with Gasteiger partial charge in [-0.2, -0.15) is 0 Å². The summed E-state index contributed by atoms with van der Waals surface area (Å²) in [5.41, 5.74) is 5.13. The second-order valence-corrected chi connectivity index (χ2v) is 2.59. The Labute approximate surface area is 105 Å². The van der Waals surface area contributed by atoms with Crippen LogP contribution in [-0.4, -0.2) is 27.6 Å². The molecule has 1 rings (SSSR count). The Morgan fingerprint density at radius 2 is 1.73 bits per heavy atom. The maximum absolute atomic E-state index is 7.42. The highest BCUT2D eigenvalue weighted by molar-refractivity contribution is 5.50. The zero-order valence-corrected chi connectivity index (χ0v) is 7.66. The third-order valence-corrected chi connectivity index (χ3v) is 1.75. The van der Waals surface area contributed by atoms with Crippen molar-refractivity contribution in [3.63, 3.8) is 0 Å². The minimum absolute atomic E-state index is 0.147. The molecule has 1 aromatic rings. The van der Waals surface area contributed by atoms with E-state index in [9.17, 15) is 0 Å². The van der Waals surface area contributed by atoms with Gasteiger partial charge in [0, 0.05) is 8.81 Å². The lowest BCUT2D eigenvalue weighted by Gasteiger charge is -2.13. The molecule has 0 unspecified atom stereocenters. The van der Waals surface area contributed by atoms with Gasteiger partial charge in [0.05, 0.1) is 33.5 Å². The molecule has 0 aliphatic rings. The summed E-state index contributed by atoms with van der Waals surface area (Å²) in [7, 11) is -8.91. The van der Waals surface area contributed by atoms with Crippen LogP contribution in [0.15, 0.2) is 12.1 Å². The van der Waals surface area contributed by atoms with Crippen LogP contribution in [0.25, 0.3) is 0 Å². The van der Waals surface area contributed by atoms with Crippen LogP contribution in [0, 0.1) is 0 Å². The second-order valence-electron chi connectivity index (χ2n) is 2.59. The SMILES string of the molecule is [2H]C([2H])(N)Cc1cc(OC([2H])([2H])[2H])c(OC([2H])([2H])[2H])cc1OC([2H])([2H])[2H]. The predicted octanol–water partition coefficient (Wildman–Crippen LogP) is 1.21. The number of aryl methyl sites for hydroxylation is 1. The van der Waals surface area contributed by atoms with E-state index in [1.807, 2.05) is 0 Å². The molecule has 4 heteroatoms. The van der Waals surface area contributed by atoms with Gasteiger partial charge in [0.2, 0.25) is 0 Å². The van der Waals surface area contributed by atoms with Gasteiger partial charge >= 0.3 is 0 Å². The molecule has 0 amide bonds. The van der Waals surface area contributed by atoms with Crippen molar-refractivity contribution < 1.29 is 29.3 Å². The third-order valence-electron chi connectivity index (χ3n) is 1.75. The van der Waals surface area contributed by atoms with Gasteiger partial charge in [0.25, 0.3) is 0 Å². The number of methoxy groups -OCH3 is 3. The molecule has 0 heterocycles. The minimum Gasteiger partial charge on any atom is -0.496 e. The van der Waals surface area contributed by atoms with Crippen LogP contribution in [0.5, 0.6) is 17.2 Å². The molecule has 0 fully saturated rings. The molecule has 0 bridgehead atoms. The number of nitrogens with two attached hydrogens (primary N) is 1. The normalized spacial score (nSPS) is 24.2. The van der Waals surface area contributed by atoms with Gasteiger partial charge in [-0.3, -0.25) is 0 Å². The van der Waals surface area contributed by atoms with Gasteiger partial charge in [-0.1, -0.05) is 0 Å². The van der Waals surface area contributed by atoms with Crippen molar-refractivity contribution in [2.75, 3.05) is 27.6 Å². The number of benzene rings is 1. The van der Waals surface area contributed by atoms with E-state index in [0.29, 0.717) is 0 Å². The highest BCUT2D eigenvalue weighted by Crippen LogP contribution is 2.34. The van der Waals surface area contributed by atoms with Crippen LogP contribution in [-0.2, 0) is 6.42 Å². The maximum Gasteiger partial charge on any atom is 0.164 e. The van der Waals surface area contributed by atoms with Crippen LogP contribution in [0.2, 0.25) is 0 Å². The summed E-state index contributed by atoms with van der Waals surface area (Å²) >= 11 is 0. The molecular formula is C11H17NO3. The summed E-state index contributed by atoms with van der Waals surface area (Å²) in [6.45, 7) is -2.30. The highest BCUT2D eigenvalue weighted by Gasteiger charge is 2.10. The molecule has 0 saturated carbocycles. The Morgan fingerprint density at radius 3 is 2.33 bits per heavy atom. The van der Waals surface area contributed by atoms with Gasteiger partial charge in [-0.25, -0.2) is 0 Å². The van der Waals surface area contributed by atoms with E-state index in [0.717, 1.165) is 12.1 Å². The van der Waals surface area contributed by atoms with E-state index in [-0.39, 0.29) is 5.56 Å². The van der Waals surface area contributed by atoms with Gasteiger partial charge < -0.3 is 19.9 Å². The molecule has 4 nitrogen and oxygen atoms in total. The summed E-state index contributed by atoms with van der Waals surface area (Å²) in [6.07, 6.45) is -0.566. The molecule has 15 heavy (non-hydrogen) atoms. The molecule has 0 atom stereocenters. The van der Waals surface area contributed by atoms with Crippen molar-refractivity contribution in [1.82, 2.24) is 0 Å². The Hall–Kier alpha value is -1.42. The molecule has 84 valence electrons.